The fourth-order valence-electron chi connectivity index (χ4n) is 3.73. The molecule has 2 atom stereocenters. The summed E-state index contributed by atoms with van der Waals surface area (Å²) in [5, 5.41) is 2.29. The van der Waals surface area contributed by atoms with Gasteiger partial charge in [-0.2, -0.15) is 0 Å². The Morgan fingerprint density at radius 1 is 1.05 bits per heavy atom. The van der Waals surface area contributed by atoms with E-state index < -0.39 is 58.3 Å². The highest BCUT2D eigenvalue weighted by atomic mass is 19.1. The van der Waals surface area contributed by atoms with Crippen LogP contribution in [0.25, 0.3) is 0 Å². The molecule has 3 rings (SSSR count). The number of halogens is 3. The predicted octanol–water partition coefficient (Wildman–Crippen LogP) is 5.29. The summed E-state index contributed by atoms with van der Waals surface area (Å²) in [5.41, 5.74) is 1.64. The van der Waals surface area contributed by atoms with Crippen LogP contribution in [0.1, 0.15) is 52.2 Å². The van der Waals surface area contributed by atoms with Gasteiger partial charge in [-0.25, -0.2) is 13.2 Å². The van der Waals surface area contributed by atoms with Gasteiger partial charge < -0.3 is 15.5 Å². The van der Waals surface area contributed by atoms with Gasteiger partial charge in [0, 0.05) is 36.9 Å². The standard InChI is InChI=1S/C30H30F3N3O4/c1-5-18(3)12-26(37)27-29(40-17-20-10-8-7-9-11-20)28(38)23(16-36(27)35-19(4)6-2)30(39)34-15-22-24(32)13-21(31)14-25(22)33/h5-11,13-14,16,18-19,35H,1-2,12,15,17H2,3-4H3,(H,34,39)/t18-,19+/m0/s1. The Morgan fingerprint density at radius 3 is 2.30 bits per heavy atom. The van der Waals surface area contributed by atoms with Crippen LogP contribution >= 0.6 is 0 Å². The van der Waals surface area contributed by atoms with E-state index in [0.717, 1.165) is 6.20 Å². The number of allylic oxidation sites excluding steroid dienone is 1. The average Bonchev–Trinajstić information content (AvgIpc) is 2.92. The van der Waals surface area contributed by atoms with Crippen LogP contribution in [0, 0.1) is 23.4 Å². The Labute approximate surface area is 230 Å². The maximum absolute atomic E-state index is 14.1. The van der Waals surface area contributed by atoms with Gasteiger partial charge in [-0.15, -0.1) is 13.2 Å². The molecule has 3 aromatic rings. The molecule has 7 nitrogen and oxygen atoms in total. The molecule has 0 unspecified atom stereocenters. The smallest absolute Gasteiger partial charge is 0.257 e. The van der Waals surface area contributed by atoms with Gasteiger partial charge in [-0.05, 0) is 18.4 Å². The molecule has 10 heteroatoms. The van der Waals surface area contributed by atoms with E-state index in [1.165, 1.54) is 4.68 Å². The fraction of sp³-hybridized carbons (Fsp3) is 0.233. The Kier molecular flexibility index (Phi) is 10.1. The van der Waals surface area contributed by atoms with Gasteiger partial charge in [0.15, 0.2) is 17.2 Å². The number of pyridine rings is 1. The lowest BCUT2D eigenvalue weighted by atomic mass is 10.0. The zero-order valence-corrected chi connectivity index (χ0v) is 22.2. The first-order chi connectivity index (χ1) is 19.0. The molecule has 0 aliphatic heterocycles. The lowest BCUT2D eigenvalue weighted by Gasteiger charge is -2.22. The van der Waals surface area contributed by atoms with E-state index in [1.54, 1.807) is 56.3 Å². The maximum atomic E-state index is 14.1. The van der Waals surface area contributed by atoms with Crippen LogP contribution in [-0.4, -0.2) is 22.4 Å². The van der Waals surface area contributed by atoms with E-state index >= 15 is 0 Å². The average molecular weight is 554 g/mol. The number of benzene rings is 2. The van der Waals surface area contributed by atoms with Crippen molar-refractivity contribution in [3.63, 3.8) is 0 Å². The minimum atomic E-state index is -1.19. The zero-order valence-electron chi connectivity index (χ0n) is 22.2. The largest absolute Gasteiger partial charge is 0.483 e. The van der Waals surface area contributed by atoms with Crippen molar-refractivity contribution in [2.75, 3.05) is 5.43 Å². The second-order valence-corrected chi connectivity index (χ2v) is 9.22. The number of hydrogen-bond acceptors (Lipinski definition) is 5. The van der Waals surface area contributed by atoms with Crippen molar-refractivity contribution in [2.24, 2.45) is 5.92 Å². The number of ketones is 1. The van der Waals surface area contributed by atoms with Crippen molar-refractivity contribution in [3.05, 3.63) is 124 Å². The van der Waals surface area contributed by atoms with Crippen LogP contribution in [0.3, 0.4) is 0 Å². The van der Waals surface area contributed by atoms with E-state index in [1.807, 2.05) is 0 Å². The monoisotopic (exact) mass is 553 g/mol. The summed E-state index contributed by atoms with van der Waals surface area (Å²) >= 11 is 0. The number of nitrogens with one attached hydrogen (secondary N) is 2. The lowest BCUT2D eigenvalue weighted by molar-refractivity contribution is 0.0935. The molecule has 0 saturated carbocycles. The summed E-state index contributed by atoms with van der Waals surface area (Å²) in [6.07, 6.45) is 4.27. The van der Waals surface area contributed by atoms with Crippen LogP contribution in [0.2, 0.25) is 0 Å². The molecule has 2 aromatic carbocycles. The third kappa shape index (κ3) is 7.28. The van der Waals surface area contributed by atoms with Gasteiger partial charge >= 0.3 is 0 Å². The molecule has 1 aromatic heterocycles. The molecular formula is C30H30F3N3O4. The number of aromatic nitrogens is 1. The Balaban J connectivity index is 2.10. The summed E-state index contributed by atoms with van der Waals surface area (Å²) in [5.74, 6) is -5.53. The molecule has 2 N–H and O–H groups in total. The Bertz CT molecular complexity index is 1450. The second-order valence-electron chi connectivity index (χ2n) is 9.22. The van der Waals surface area contributed by atoms with Crippen LogP contribution in [0.5, 0.6) is 5.75 Å². The minimum absolute atomic E-state index is 0.00342. The second kappa shape index (κ2) is 13.5. The third-order valence-electron chi connectivity index (χ3n) is 6.04. The minimum Gasteiger partial charge on any atom is -0.483 e. The van der Waals surface area contributed by atoms with E-state index in [-0.39, 0.29) is 30.4 Å². The number of hydrogen-bond donors (Lipinski definition) is 2. The van der Waals surface area contributed by atoms with Crippen molar-refractivity contribution in [1.82, 2.24) is 9.99 Å². The number of Topliss-reactive ketones (excluding diaryl/α,β-unsaturated/α-hetero) is 1. The maximum Gasteiger partial charge on any atom is 0.257 e. The van der Waals surface area contributed by atoms with Crippen molar-refractivity contribution in [3.8, 4) is 5.75 Å². The molecule has 0 spiro atoms. The van der Waals surface area contributed by atoms with Crippen LogP contribution < -0.4 is 20.9 Å². The number of nitrogens with zero attached hydrogens (tertiary/aromatic N) is 1. The first-order valence-electron chi connectivity index (χ1n) is 12.5. The summed E-state index contributed by atoms with van der Waals surface area (Å²) in [6, 6.07) is 9.45. The quantitative estimate of drug-likeness (QED) is 0.222. The summed E-state index contributed by atoms with van der Waals surface area (Å²) in [7, 11) is 0. The fourth-order valence-corrected chi connectivity index (χ4v) is 3.73. The first kappa shape index (κ1) is 29.9. The van der Waals surface area contributed by atoms with Crippen LogP contribution in [-0.2, 0) is 13.2 Å². The highest BCUT2D eigenvalue weighted by molar-refractivity contribution is 6.00. The third-order valence-corrected chi connectivity index (χ3v) is 6.04. The zero-order chi connectivity index (χ0) is 29.4. The van der Waals surface area contributed by atoms with E-state index in [9.17, 15) is 27.6 Å². The number of ether oxygens (including phenoxy) is 1. The predicted molar refractivity (Wildman–Crippen MR) is 146 cm³/mol. The molecule has 0 aliphatic carbocycles. The van der Waals surface area contributed by atoms with Crippen molar-refractivity contribution >= 4 is 11.7 Å². The molecule has 0 fully saturated rings. The molecule has 1 amide bonds. The molecular weight excluding hydrogens is 523 g/mol. The highest BCUT2D eigenvalue weighted by Crippen LogP contribution is 2.22. The number of rotatable bonds is 13. The van der Waals surface area contributed by atoms with Crippen molar-refractivity contribution in [1.29, 1.82) is 0 Å². The van der Waals surface area contributed by atoms with Gasteiger partial charge in [0.1, 0.15) is 29.6 Å². The van der Waals surface area contributed by atoms with E-state index in [0.29, 0.717) is 17.7 Å². The van der Waals surface area contributed by atoms with Gasteiger partial charge in [0.25, 0.3) is 5.91 Å². The number of amides is 1. The SMILES string of the molecule is C=C[C@@H](C)Nn1cc(C(=O)NCc2c(F)cc(F)cc2F)c(=O)c(OCc2ccccc2)c1C(=O)C[C@@H](C)C=C. The summed E-state index contributed by atoms with van der Waals surface area (Å²) in [4.78, 5) is 40.1. The summed E-state index contributed by atoms with van der Waals surface area (Å²) in [6.45, 7) is 10.2. The Hall–Kier alpha value is -4.60. The van der Waals surface area contributed by atoms with Crippen LogP contribution in [0.15, 0.2) is 78.8 Å². The van der Waals surface area contributed by atoms with E-state index in [2.05, 4.69) is 23.9 Å². The first-order valence-corrected chi connectivity index (χ1v) is 12.5. The highest BCUT2D eigenvalue weighted by Gasteiger charge is 2.27. The summed E-state index contributed by atoms with van der Waals surface area (Å²) < 4.78 is 48.6. The number of carbonyl (C=O) groups excluding carboxylic acids is 2. The lowest BCUT2D eigenvalue weighted by Crippen LogP contribution is -2.36. The van der Waals surface area contributed by atoms with Gasteiger partial charge in [0.05, 0.1) is 6.04 Å². The normalized spacial score (nSPS) is 12.2. The van der Waals surface area contributed by atoms with Gasteiger partial charge in [-0.1, -0.05) is 49.4 Å². The number of carbonyl (C=O) groups is 2. The molecule has 0 saturated heterocycles. The van der Waals surface area contributed by atoms with Gasteiger partial charge in [-0.3, -0.25) is 19.1 Å². The van der Waals surface area contributed by atoms with Crippen molar-refractivity contribution in [2.45, 2.75) is 39.5 Å². The van der Waals surface area contributed by atoms with Crippen LogP contribution in [0.4, 0.5) is 13.2 Å². The Morgan fingerprint density at radius 2 is 1.70 bits per heavy atom. The molecule has 0 aliphatic rings. The van der Waals surface area contributed by atoms with Crippen molar-refractivity contribution < 1.29 is 27.5 Å². The molecule has 40 heavy (non-hydrogen) atoms. The molecule has 0 radical (unpaired) electrons. The molecule has 210 valence electrons. The topological polar surface area (TPSA) is 89.4 Å². The molecule has 1 heterocycles. The van der Waals surface area contributed by atoms with E-state index in [4.69, 9.17) is 4.74 Å². The molecule has 0 bridgehead atoms. The van der Waals surface area contributed by atoms with Gasteiger partial charge in [0.2, 0.25) is 5.43 Å².